The quantitative estimate of drug-likeness (QED) is 0.854. The summed E-state index contributed by atoms with van der Waals surface area (Å²) < 4.78 is 31.1. The third kappa shape index (κ3) is 3.00. The summed E-state index contributed by atoms with van der Waals surface area (Å²) in [6.45, 7) is 1.51. The second kappa shape index (κ2) is 5.51. The maximum Gasteiger partial charge on any atom is 0.340 e. The third-order valence-corrected chi connectivity index (χ3v) is 5.23. The lowest BCUT2D eigenvalue weighted by atomic mass is 10.2. The number of rotatable bonds is 4. The van der Waals surface area contributed by atoms with Gasteiger partial charge in [-0.2, -0.15) is 4.37 Å². The van der Waals surface area contributed by atoms with Crippen molar-refractivity contribution in [3.63, 3.8) is 0 Å². The van der Waals surface area contributed by atoms with Crippen molar-refractivity contribution in [2.24, 2.45) is 0 Å². The standard InChI is InChI=1S/C11H9BrN2O4S2/c1-6-9(11(15)16)10(19-13-6)14-20(17,18)8-4-2-3-7(12)5-8/h2-5,14H,1H3,(H,15,16). The van der Waals surface area contributed by atoms with Crippen LogP contribution in [0.15, 0.2) is 33.6 Å². The molecule has 6 nitrogen and oxygen atoms in total. The van der Waals surface area contributed by atoms with Crippen molar-refractivity contribution in [3.8, 4) is 0 Å². The van der Waals surface area contributed by atoms with Gasteiger partial charge in [0.2, 0.25) is 0 Å². The Bertz CT molecular complexity index is 770. The molecule has 0 bridgehead atoms. The van der Waals surface area contributed by atoms with E-state index in [4.69, 9.17) is 5.11 Å². The number of benzene rings is 1. The van der Waals surface area contributed by atoms with Crippen LogP contribution in [0.1, 0.15) is 16.1 Å². The van der Waals surface area contributed by atoms with E-state index in [2.05, 4.69) is 25.0 Å². The topological polar surface area (TPSA) is 96.4 Å². The van der Waals surface area contributed by atoms with Gasteiger partial charge in [-0.1, -0.05) is 22.0 Å². The summed E-state index contributed by atoms with van der Waals surface area (Å²) >= 11 is 3.98. The van der Waals surface area contributed by atoms with E-state index in [1.165, 1.54) is 19.1 Å². The van der Waals surface area contributed by atoms with Crippen LogP contribution in [0.2, 0.25) is 0 Å². The Morgan fingerprint density at radius 2 is 2.15 bits per heavy atom. The van der Waals surface area contributed by atoms with Gasteiger partial charge in [-0.25, -0.2) is 13.2 Å². The fourth-order valence-corrected chi connectivity index (χ4v) is 4.18. The van der Waals surface area contributed by atoms with E-state index in [0.717, 1.165) is 11.5 Å². The normalized spacial score (nSPS) is 11.3. The molecule has 9 heteroatoms. The molecule has 0 unspecified atom stereocenters. The summed E-state index contributed by atoms with van der Waals surface area (Å²) in [5, 5.41) is 9.07. The first-order chi connectivity index (χ1) is 9.31. The number of nitrogens with zero attached hydrogens (tertiary/aromatic N) is 1. The summed E-state index contributed by atoms with van der Waals surface area (Å²) in [4.78, 5) is 11.1. The molecule has 0 aliphatic rings. The summed E-state index contributed by atoms with van der Waals surface area (Å²) in [5.41, 5.74) is 0.142. The molecule has 0 fully saturated rings. The van der Waals surface area contributed by atoms with Gasteiger partial charge in [0.25, 0.3) is 10.0 Å². The molecule has 0 atom stereocenters. The van der Waals surface area contributed by atoms with Gasteiger partial charge in [-0.15, -0.1) is 0 Å². The number of nitrogens with one attached hydrogen (secondary N) is 1. The molecule has 0 aliphatic carbocycles. The molecule has 0 saturated carbocycles. The number of carboxylic acid groups (broad SMARTS) is 1. The van der Waals surface area contributed by atoms with Crippen LogP contribution in [0.5, 0.6) is 0 Å². The highest BCUT2D eigenvalue weighted by molar-refractivity contribution is 9.10. The van der Waals surface area contributed by atoms with Crippen LogP contribution in [0.25, 0.3) is 0 Å². The van der Waals surface area contributed by atoms with E-state index in [-0.39, 0.29) is 21.2 Å². The molecule has 2 N–H and O–H groups in total. The zero-order chi connectivity index (χ0) is 14.9. The van der Waals surface area contributed by atoms with Gasteiger partial charge < -0.3 is 5.11 Å². The maximum absolute atomic E-state index is 12.2. The average Bonchev–Trinajstić information content (AvgIpc) is 2.69. The number of halogens is 1. The van der Waals surface area contributed by atoms with Crippen molar-refractivity contribution in [3.05, 3.63) is 40.0 Å². The second-order valence-electron chi connectivity index (χ2n) is 3.84. The van der Waals surface area contributed by atoms with Crippen molar-refractivity contribution >= 4 is 48.5 Å². The predicted octanol–water partition coefficient (Wildman–Crippen LogP) is 2.71. The summed E-state index contributed by atoms with van der Waals surface area (Å²) in [5.74, 6) is -1.22. The highest BCUT2D eigenvalue weighted by Crippen LogP contribution is 2.27. The number of hydrogen-bond acceptors (Lipinski definition) is 5. The van der Waals surface area contributed by atoms with Crippen LogP contribution in [0.3, 0.4) is 0 Å². The molecule has 0 spiro atoms. The molecular formula is C11H9BrN2O4S2. The summed E-state index contributed by atoms with van der Waals surface area (Å²) in [7, 11) is -3.85. The van der Waals surface area contributed by atoms with Gasteiger partial charge in [0, 0.05) is 4.47 Å². The molecule has 1 heterocycles. The minimum Gasteiger partial charge on any atom is -0.478 e. The van der Waals surface area contributed by atoms with Crippen LogP contribution in [0.4, 0.5) is 5.00 Å². The second-order valence-corrected chi connectivity index (χ2v) is 7.21. The minimum absolute atomic E-state index is 0.00465. The van der Waals surface area contributed by atoms with Gasteiger partial charge in [0.15, 0.2) is 0 Å². The lowest BCUT2D eigenvalue weighted by molar-refractivity contribution is 0.0697. The molecule has 2 rings (SSSR count). The molecule has 0 saturated heterocycles. The molecule has 1 aromatic carbocycles. The van der Waals surface area contributed by atoms with Gasteiger partial charge in [-0.3, -0.25) is 4.72 Å². The first kappa shape index (κ1) is 14.9. The van der Waals surface area contributed by atoms with E-state index < -0.39 is 16.0 Å². The Labute approximate surface area is 127 Å². The predicted molar refractivity (Wildman–Crippen MR) is 78.8 cm³/mol. The number of carboxylic acids is 1. The molecule has 0 amide bonds. The van der Waals surface area contributed by atoms with Crippen LogP contribution in [0, 0.1) is 6.92 Å². The van der Waals surface area contributed by atoms with E-state index in [9.17, 15) is 13.2 Å². The zero-order valence-electron chi connectivity index (χ0n) is 10.1. The van der Waals surface area contributed by atoms with Crippen molar-refractivity contribution in [2.45, 2.75) is 11.8 Å². The molecule has 106 valence electrons. The van der Waals surface area contributed by atoms with Gasteiger partial charge >= 0.3 is 5.97 Å². The SMILES string of the molecule is Cc1nsc(NS(=O)(=O)c2cccc(Br)c2)c1C(=O)O. The lowest BCUT2D eigenvalue weighted by Crippen LogP contribution is -2.14. The number of aromatic carboxylic acids is 1. The number of hydrogen-bond donors (Lipinski definition) is 2. The number of aromatic nitrogens is 1. The monoisotopic (exact) mass is 376 g/mol. The Hall–Kier alpha value is -1.45. The summed E-state index contributed by atoms with van der Waals surface area (Å²) in [6.07, 6.45) is 0. The Kier molecular flexibility index (Phi) is 4.11. The molecule has 0 radical (unpaired) electrons. The van der Waals surface area contributed by atoms with Crippen LogP contribution >= 0.6 is 27.5 Å². The van der Waals surface area contributed by atoms with E-state index in [0.29, 0.717) is 4.47 Å². The van der Waals surface area contributed by atoms with Gasteiger partial charge in [0.05, 0.1) is 10.6 Å². The van der Waals surface area contributed by atoms with Crippen molar-refractivity contribution in [2.75, 3.05) is 4.72 Å². The maximum atomic E-state index is 12.2. The first-order valence-electron chi connectivity index (χ1n) is 5.29. The smallest absolute Gasteiger partial charge is 0.340 e. The summed E-state index contributed by atoms with van der Waals surface area (Å²) in [6, 6.07) is 6.12. The first-order valence-corrected chi connectivity index (χ1v) is 8.34. The fourth-order valence-electron chi connectivity index (χ4n) is 1.51. The number of carbonyl (C=O) groups is 1. The molecule has 20 heavy (non-hydrogen) atoms. The van der Waals surface area contributed by atoms with E-state index in [1.54, 1.807) is 12.1 Å². The lowest BCUT2D eigenvalue weighted by Gasteiger charge is -2.07. The fraction of sp³-hybridized carbons (Fsp3) is 0.0909. The van der Waals surface area contributed by atoms with Crippen LogP contribution in [-0.4, -0.2) is 23.9 Å². The molecule has 0 aliphatic heterocycles. The third-order valence-electron chi connectivity index (χ3n) is 2.41. The van der Waals surface area contributed by atoms with Crippen LogP contribution < -0.4 is 4.72 Å². The van der Waals surface area contributed by atoms with Crippen molar-refractivity contribution in [1.82, 2.24) is 4.37 Å². The van der Waals surface area contributed by atoms with E-state index in [1.807, 2.05) is 0 Å². The van der Waals surface area contributed by atoms with Crippen molar-refractivity contribution < 1.29 is 18.3 Å². The highest BCUT2D eigenvalue weighted by Gasteiger charge is 2.23. The molecular weight excluding hydrogens is 368 g/mol. The Morgan fingerprint density at radius 3 is 2.75 bits per heavy atom. The zero-order valence-corrected chi connectivity index (χ0v) is 13.3. The number of sulfonamides is 1. The Morgan fingerprint density at radius 1 is 1.45 bits per heavy atom. The Balaban J connectivity index is 2.41. The molecule has 1 aromatic heterocycles. The highest BCUT2D eigenvalue weighted by atomic mass is 79.9. The number of aryl methyl sites for hydroxylation is 1. The van der Waals surface area contributed by atoms with Crippen molar-refractivity contribution in [1.29, 1.82) is 0 Å². The van der Waals surface area contributed by atoms with Gasteiger partial charge in [-0.05, 0) is 36.7 Å². The molecule has 2 aromatic rings. The largest absolute Gasteiger partial charge is 0.478 e. The van der Waals surface area contributed by atoms with Crippen LogP contribution in [-0.2, 0) is 10.0 Å². The minimum atomic E-state index is -3.85. The van der Waals surface area contributed by atoms with Gasteiger partial charge in [0.1, 0.15) is 10.6 Å². The van der Waals surface area contributed by atoms with E-state index >= 15 is 0 Å². The average molecular weight is 377 g/mol. The number of anilines is 1.